The monoisotopic (exact) mass is 383 g/mol. The molecule has 26 heavy (non-hydrogen) atoms. The molecule has 0 heterocycles. The molecule has 1 aliphatic rings. The van der Waals surface area contributed by atoms with Crippen molar-refractivity contribution >= 4 is 15.9 Å². The summed E-state index contributed by atoms with van der Waals surface area (Å²) in [6.07, 6.45) is 4.08. The second-order valence-corrected chi connectivity index (χ2v) is 8.68. The second-order valence-electron chi connectivity index (χ2n) is 7.00. The molecule has 0 saturated heterocycles. The molecule has 1 aromatic carbocycles. The van der Waals surface area contributed by atoms with Gasteiger partial charge in [0.15, 0.2) is 0 Å². The van der Waals surface area contributed by atoms with Crippen molar-refractivity contribution in [3.05, 3.63) is 23.8 Å². The van der Waals surface area contributed by atoms with Gasteiger partial charge in [0.05, 0.1) is 7.11 Å². The Labute approximate surface area is 155 Å². The van der Waals surface area contributed by atoms with Crippen molar-refractivity contribution in [3.63, 3.8) is 0 Å². The Morgan fingerprint density at radius 1 is 1.31 bits per heavy atom. The van der Waals surface area contributed by atoms with Crippen molar-refractivity contribution in [2.24, 2.45) is 11.7 Å². The van der Waals surface area contributed by atoms with E-state index in [0.29, 0.717) is 6.54 Å². The molecule has 0 bridgehead atoms. The minimum atomic E-state index is -3.78. The Hall–Kier alpha value is -1.64. The molecule has 2 unspecified atom stereocenters. The van der Waals surface area contributed by atoms with Crippen LogP contribution in [0.15, 0.2) is 23.1 Å². The van der Waals surface area contributed by atoms with E-state index < -0.39 is 10.0 Å². The number of hydrogen-bond donors (Lipinski definition) is 3. The first kappa shape index (κ1) is 20.7. The summed E-state index contributed by atoms with van der Waals surface area (Å²) in [7, 11) is -2.38. The second kappa shape index (κ2) is 8.83. The molecule has 1 amide bonds. The quantitative estimate of drug-likeness (QED) is 0.663. The molecule has 1 aromatic rings. The first-order chi connectivity index (χ1) is 12.3. The number of amides is 1. The van der Waals surface area contributed by atoms with Gasteiger partial charge in [-0.2, -0.15) is 0 Å². The number of sulfonamides is 1. The highest BCUT2D eigenvalue weighted by Crippen LogP contribution is 2.27. The fourth-order valence-corrected chi connectivity index (χ4v) is 4.78. The Morgan fingerprint density at radius 2 is 2.00 bits per heavy atom. The largest absolute Gasteiger partial charge is 0.495 e. The van der Waals surface area contributed by atoms with Crippen LogP contribution >= 0.6 is 0 Å². The van der Waals surface area contributed by atoms with E-state index in [-0.39, 0.29) is 40.1 Å². The number of nitrogens with two attached hydrogens (primary N) is 1. The number of benzene rings is 1. The first-order valence-electron chi connectivity index (χ1n) is 8.99. The zero-order valence-corrected chi connectivity index (χ0v) is 16.4. The molecule has 7 nitrogen and oxygen atoms in total. The topological polar surface area (TPSA) is 111 Å². The van der Waals surface area contributed by atoms with Gasteiger partial charge in [0.2, 0.25) is 10.0 Å². The summed E-state index contributed by atoms with van der Waals surface area (Å²) in [5.41, 5.74) is 6.11. The van der Waals surface area contributed by atoms with Crippen molar-refractivity contribution in [2.45, 2.75) is 56.5 Å². The van der Waals surface area contributed by atoms with E-state index in [9.17, 15) is 13.2 Å². The van der Waals surface area contributed by atoms with E-state index in [1.54, 1.807) is 19.9 Å². The summed E-state index contributed by atoms with van der Waals surface area (Å²) < 4.78 is 32.8. The van der Waals surface area contributed by atoms with Gasteiger partial charge in [0.25, 0.3) is 5.91 Å². The third-order valence-corrected chi connectivity index (χ3v) is 6.31. The fraction of sp³-hybridized carbons (Fsp3) is 0.611. The molecule has 0 aromatic heterocycles. The first-order valence-corrected chi connectivity index (χ1v) is 10.5. The van der Waals surface area contributed by atoms with Crippen LogP contribution in [-0.2, 0) is 10.0 Å². The van der Waals surface area contributed by atoms with Crippen LogP contribution in [0.5, 0.6) is 5.75 Å². The van der Waals surface area contributed by atoms with Crippen molar-refractivity contribution in [1.29, 1.82) is 0 Å². The maximum Gasteiger partial charge on any atom is 0.251 e. The summed E-state index contributed by atoms with van der Waals surface area (Å²) in [4.78, 5) is 12.6. The molecule has 2 rings (SSSR count). The Kier molecular flexibility index (Phi) is 7.02. The molecular weight excluding hydrogens is 354 g/mol. The van der Waals surface area contributed by atoms with Gasteiger partial charge in [-0.05, 0) is 57.4 Å². The molecule has 1 saturated carbocycles. The summed E-state index contributed by atoms with van der Waals surface area (Å²) >= 11 is 0. The van der Waals surface area contributed by atoms with Gasteiger partial charge in [-0.25, -0.2) is 13.1 Å². The fourth-order valence-electron chi connectivity index (χ4n) is 3.33. The zero-order valence-electron chi connectivity index (χ0n) is 15.6. The number of nitrogens with one attached hydrogen (secondary N) is 2. The van der Waals surface area contributed by atoms with E-state index in [2.05, 4.69) is 10.0 Å². The summed E-state index contributed by atoms with van der Waals surface area (Å²) in [6.45, 7) is 4.00. The van der Waals surface area contributed by atoms with E-state index in [4.69, 9.17) is 10.5 Å². The smallest absolute Gasteiger partial charge is 0.251 e. The van der Waals surface area contributed by atoms with Crippen LogP contribution in [0.1, 0.15) is 49.9 Å². The molecule has 0 radical (unpaired) electrons. The molecule has 0 spiro atoms. The number of hydrogen-bond acceptors (Lipinski definition) is 5. The van der Waals surface area contributed by atoms with Gasteiger partial charge in [-0.3, -0.25) is 4.79 Å². The van der Waals surface area contributed by atoms with Gasteiger partial charge in [-0.15, -0.1) is 0 Å². The van der Waals surface area contributed by atoms with Crippen molar-refractivity contribution < 1.29 is 17.9 Å². The lowest BCUT2D eigenvalue weighted by Crippen LogP contribution is -2.44. The highest BCUT2D eigenvalue weighted by Gasteiger charge is 2.27. The Bertz CT molecular complexity index is 734. The predicted octanol–water partition coefficient (Wildman–Crippen LogP) is 1.63. The van der Waals surface area contributed by atoms with Crippen LogP contribution in [-0.4, -0.2) is 40.1 Å². The van der Waals surface area contributed by atoms with Crippen LogP contribution in [0.25, 0.3) is 0 Å². The molecule has 146 valence electrons. The van der Waals surface area contributed by atoms with Crippen LogP contribution in [0.4, 0.5) is 0 Å². The molecule has 8 heteroatoms. The van der Waals surface area contributed by atoms with Gasteiger partial charge >= 0.3 is 0 Å². The lowest BCUT2D eigenvalue weighted by Gasteiger charge is -2.31. The normalized spacial score (nSPS) is 20.8. The van der Waals surface area contributed by atoms with E-state index in [0.717, 1.165) is 25.7 Å². The number of carbonyl (C=O) groups is 1. The summed E-state index contributed by atoms with van der Waals surface area (Å²) in [5, 5.41) is 3.02. The average molecular weight is 384 g/mol. The summed E-state index contributed by atoms with van der Waals surface area (Å²) in [5.74, 6) is 0.169. The maximum absolute atomic E-state index is 12.7. The molecule has 1 fully saturated rings. The Balaban J connectivity index is 2.27. The SMILES string of the molecule is COc1ccc(C(=O)NC2CCCCC2CN)cc1S(=O)(=O)NC(C)C. The van der Waals surface area contributed by atoms with Crippen LogP contribution in [0, 0.1) is 5.92 Å². The van der Waals surface area contributed by atoms with Gasteiger partial charge < -0.3 is 15.8 Å². The highest BCUT2D eigenvalue weighted by molar-refractivity contribution is 7.89. The van der Waals surface area contributed by atoms with Gasteiger partial charge in [0, 0.05) is 17.6 Å². The number of ether oxygens (including phenoxy) is 1. The van der Waals surface area contributed by atoms with Crippen LogP contribution in [0.3, 0.4) is 0 Å². The number of carbonyl (C=O) groups excluding carboxylic acids is 1. The molecule has 0 aliphatic heterocycles. The van der Waals surface area contributed by atoms with Crippen molar-refractivity contribution in [2.75, 3.05) is 13.7 Å². The minimum absolute atomic E-state index is 0.0252. The zero-order chi connectivity index (χ0) is 19.3. The van der Waals surface area contributed by atoms with E-state index in [1.807, 2.05) is 0 Å². The van der Waals surface area contributed by atoms with E-state index >= 15 is 0 Å². The molecular formula is C18H29N3O4S. The van der Waals surface area contributed by atoms with Gasteiger partial charge in [-0.1, -0.05) is 12.8 Å². The highest BCUT2D eigenvalue weighted by atomic mass is 32.2. The maximum atomic E-state index is 12.7. The lowest BCUT2D eigenvalue weighted by molar-refractivity contribution is 0.0908. The van der Waals surface area contributed by atoms with Crippen molar-refractivity contribution in [3.8, 4) is 5.75 Å². The molecule has 4 N–H and O–H groups in total. The minimum Gasteiger partial charge on any atom is -0.495 e. The predicted molar refractivity (Wildman–Crippen MR) is 101 cm³/mol. The average Bonchev–Trinajstić information content (AvgIpc) is 2.60. The number of rotatable bonds is 7. The van der Waals surface area contributed by atoms with E-state index in [1.165, 1.54) is 19.2 Å². The third kappa shape index (κ3) is 4.96. The number of methoxy groups -OCH3 is 1. The molecule has 1 aliphatic carbocycles. The summed E-state index contributed by atoms with van der Waals surface area (Å²) in [6, 6.07) is 4.19. The van der Waals surface area contributed by atoms with Crippen molar-refractivity contribution in [1.82, 2.24) is 10.0 Å². The van der Waals surface area contributed by atoms with Crippen LogP contribution < -0.4 is 20.5 Å². The Morgan fingerprint density at radius 3 is 2.62 bits per heavy atom. The standard InChI is InChI=1S/C18H29N3O4S/c1-12(2)21-26(23,24)17-10-13(8-9-16(17)25-3)18(22)20-15-7-5-4-6-14(15)11-19/h8-10,12,14-15,21H,4-7,11,19H2,1-3H3,(H,20,22). The molecule has 2 atom stereocenters. The van der Waals surface area contributed by atoms with Gasteiger partial charge in [0.1, 0.15) is 10.6 Å². The third-order valence-electron chi connectivity index (χ3n) is 4.63. The lowest BCUT2D eigenvalue weighted by atomic mass is 9.84. The van der Waals surface area contributed by atoms with Crippen LogP contribution in [0.2, 0.25) is 0 Å².